The van der Waals surface area contributed by atoms with E-state index in [0.717, 1.165) is 25.0 Å². The second-order valence-electron chi connectivity index (χ2n) is 5.02. The number of thiophene rings is 1. The third-order valence-electron chi connectivity index (χ3n) is 3.62. The fourth-order valence-corrected chi connectivity index (χ4v) is 3.08. The lowest BCUT2D eigenvalue weighted by Crippen LogP contribution is -2.35. The molecule has 1 aromatic rings. The average Bonchev–Trinajstić information content (AvgIpc) is 2.87. The second-order valence-corrected chi connectivity index (χ2v) is 6.16. The van der Waals surface area contributed by atoms with Crippen LogP contribution in [0.3, 0.4) is 0 Å². The summed E-state index contributed by atoms with van der Waals surface area (Å²) in [6.45, 7) is 5.67. The van der Waals surface area contributed by atoms with Gasteiger partial charge < -0.3 is 15.2 Å². The third-order valence-corrected chi connectivity index (χ3v) is 4.86. The van der Waals surface area contributed by atoms with E-state index in [9.17, 15) is 9.90 Å². The normalized spacial score (nSPS) is 17.6. The number of aliphatic hydroxyl groups is 1. The van der Waals surface area contributed by atoms with Crippen molar-refractivity contribution in [2.45, 2.75) is 39.4 Å². The van der Waals surface area contributed by atoms with Gasteiger partial charge in [-0.1, -0.05) is 20.3 Å². The SMILES string of the molecule is CCC(C)C(O)CNC(=O)c1cc2c(s1)CCOC2. The van der Waals surface area contributed by atoms with Crippen molar-refractivity contribution >= 4 is 17.2 Å². The van der Waals surface area contributed by atoms with Gasteiger partial charge in [0.15, 0.2) is 0 Å². The molecule has 2 unspecified atom stereocenters. The van der Waals surface area contributed by atoms with E-state index in [-0.39, 0.29) is 11.8 Å². The molecule has 0 aromatic carbocycles. The van der Waals surface area contributed by atoms with Crippen molar-refractivity contribution in [3.63, 3.8) is 0 Å². The van der Waals surface area contributed by atoms with Crippen LogP contribution in [0.4, 0.5) is 0 Å². The molecule has 2 atom stereocenters. The van der Waals surface area contributed by atoms with Gasteiger partial charge in [-0.3, -0.25) is 4.79 Å². The topological polar surface area (TPSA) is 58.6 Å². The summed E-state index contributed by atoms with van der Waals surface area (Å²) in [5.41, 5.74) is 1.13. The van der Waals surface area contributed by atoms with Gasteiger partial charge in [0, 0.05) is 17.8 Å². The van der Waals surface area contributed by atoms with Gasteiger partial charge in [-0.2, -0.15) is 0 Å². The summed E-state index contributed by atoms with van der Waals surface area (Å²) in [6, 6.07) is 1.91. The highest BCUT2D eigenvalue weighted by molar-refractivity contribution is 7.14. The van der Waals surface area contributed by atoms with Crippen molar-refractivity contribution in [3.8, 4) is 0 Å². The predicted octanol–water partition coefficient (Wildman–Crippen LogP) is 1.96. The van der Waals surface area contributed by atoms with Crippen LogP contribution in [0.1, 0.15) is 40.4 Å². The van der Waals surface area contributed by atoms with E-state index in [2.05, 4.69) is 5.32 Å². The largest absolute Gasteiger partial charge is 0.391 e. The summed E-state index contributed by atoms with van der Waals surface area (Å²) in [5, 5.41) is 12.6. The zero-order valence-electron chi connectivity index (χ0n) is 11.4. The van der Waals surface area contributed by atoms with Gasteiger partial charge in [0.1, 0.15) is 0 Å². The Morgan fingerprint density at radius 2 is 2.42 bits per heavy atom. The zero-order valence-corrected chi connectivity index (χ0v) is 12.3. The summed E-state index contributed by atoms with van der Waals surface area (Å²) in [4.78, 5) is 14.0. The Hall–Kier alpha value is -0.910. The molecule has 5 heteroatoms. The lowest BCUT2D eigenvalue weighted by Gasteiger charge is -2.17. The van der Waals surface area contributed by atoms with E-state index >= 15 is 0 Å². The van der Waals surface area contributed by atoms with Crippen LogP contribution in [0.2, 0.25) is 0 Å². The molecule has 0 fully saturated rings. The lowest BCUT2D eigenvalue weighted by atomic mass is 10.0. The first kappa shape index (κ1) is 14.5. The van der Waals surface area contributed by atoms with Gasteiger partial charge in [-0.15, -0.1) is 11.3 Å². The van der Waals surface area contributed by atoms with Gasteiger partial charge >= 0.3 is 0 Å². The minimum Gasteiger partial charge on any atom is -0.391 e. The van der Waals surface area contributed by atoms with Crippen LogP contribution >= 0.6 is 11.3 Å². The molecular formula is C14H21NO3S. The molecule has 0 bridgehead atoms. The predicted molar refractivity (Wildman–Crippen MR) is 75.5 cm³/mol. The van der Waals surface area contributed by atoms with Gasteiger partial charge in [-0.05, 0) is 17.5 Å². The van der Waals surface area contributed by atoms with Crippen molar-refractivity contribution in [2.24, 2.45) is 5.92 Å². The fourth-order valence-electron chi connectivity index (χ4n) is 2.02. The van der Waals surface area contributed by atoms with E-state index < -0.39 is 6.10 Å². The molecule has 0 radical (unpaired) electrons. The molecule has 2 rings (SSSR count). The van der Waals surface area contributed by atoms with Crippen molar-refractivity contribution < 1.29 is 14.6 Å². The number of carbonyl (C=O) groups is 1. The van der Waals surface area contributed by atoms with E-state index in [4.69, 9.17) is 4.74 Å². The summed E-state index contributed by atoms with van der Waals surface area (Å²) in [6.07, 6.45) is 1.32. The molecule has 106 valence electrons. The molecule has 4 nitrogen and oxygen atoms in total. The molecule has 0 saturated carbocycles. The van der Waals surface area contributed by atoms with Crippen molar-refractivity contribution in [3.05, 3.63) is 21.4 Å². The number of amides is 1. The summed E-state index contributed by atoms with van der Waals surface area (Å²) < 4.78 is 5.37. The fraction of sp³-hybridized carbons (Fsp3) is 0.643. The number of fused-ring (bicyclic) bond motifs is 1. The van der Waals surface area contributed by atoms with Crippen molar-refractivity contribution in [1.82, 2.24) is 5.32 Å². The maximum atomic E-state index is 12.0. The quantitative estimate of drug-likeness (QED) is 0.868. The molecule has 1 aliphatic rings. The Labute approximate surface area is 117 Å². The molecule has 1 amide bonds. The van der Waals surface area contributed by atoms with Crippen LogP contribution in [0.5, 0.6) is 0 Å². The molecule has 1 aliphatic heterocycles. The van der Waals surface area contributed by atoms with Crippen LogP contribution in [0.25, 0.3) is 0 Å². The first-order valence-corrected chi connectivity index (χ1v) is 7.59. The zero-order chi connectivity index (χ0) is 13.8. The minimum atomic E-state index is -0.480. The Morgan fingerprint density at radius 1 is 1.63 bits per heavy atom. The van der Waals surface area contributed by atoms with Gasteiger partial charge in [0.25, 0.3) is 5.91 Å². The Morgan fingerprint density at radius 3 is 3.11 bits per heavy atom. The van der Waals surface area contributed by atoms with Crippen LogP contribution < -0.4 is 5.32 Å². The number of rotatable bonds is 5. The highest BCUT2D eigenvalue weighted by atomic mass is 32.1. The third kappa shape index (κ3) is 3.55. The maximum Gasteiger partial charge on any atom is 0.261 e. The summed E-state index contributed by atoms with van der Waals surface area (Å²) >= 11 is 1.54. The molecule has 0 aliphatic carbocycles. The molecule has 1 aromatic heterocycles. The highest BCUT2D eigenvalue weighted by Crippen LogP contribution is 2.26. The average molecular weight is 283 g/mol. The van der Waals surface area contributed by atoms with Gasteiger partial charge in [0.2, 0.25) is 0 Å². The molecule has 0 spiro atoms. The first-order chi connectivity index (χ1) is 9.11. The summed E-state index contributed by atoms with van der Waals surface area (Å²) in [7, 11) is 0. The van der Waals surface area contributed by atoms with E-state index in [1.807, 2.05) is 19.9 Å². The lowest BCUT2D eigenvalue weighted by molar-refractivity contribution is 0.0853. The number of carbonyl (C=O) groups excluding carboxylic acids is 1. The smallest absolute Gasteiger partial charge is 0.261 e. The van der Waals surface area contributed by atoms with E-state index in [1.54, 1.807) is 0 Å². The van der Waals surface area contributed by atoms with Crippen LogP contribution in [-0.2, 0) is 17.8 Å². The highest BCUT2D eigenvalue weighted by Gasteiger charge is 2.19. The molecular weight excluding hydrogens is 262 g/mol. The number of nitrogens with one attached hydrogen (secondary N) is 1. The molecule has 2 heterocycles. The minimum absolute atomic E-state index is 0.0956. The van der Waals surface area contributed by atoms with Crippen molar-refractivity contribution in [1.29, 1.82) is 0 Å². The van der Waals surface area contributed by atoms with E-state index in [1.165, 1.54) is 16.2 Å². The van der Waals surface area contributed by atoms with Gasteiger partial charge in [0.05, 0.1) is 24.2 Å². The number of hydrogen-bond donors (Lipinski definition) is 2. The Balaban J connectivity index is 1.91. The standard InChI is InChI=1S/C14H21NO3S/c1-3-9(2)11(16)7-15-14(17)13-6-10-8-18-5-4-12(10)19-13/h6,9,11,16H,3-5,7-8H2,1-2H3,(H,15,17). The second kappa shape index (κ2) is 6.50. The van der Waals surface area contributed by atoms with Crippen molar-refractivity contribution in [2.75, 3.05) is 13.2 Å². The number of ether oxygens (including phenoxy) is 1. The number of aliphatic hydroxyl groups excluding tert-OH is 1. The first-order valence-electron chi connectivity index (χ1n) is 6.77. The summed E-state index contributed by atoms with van der Waals surface area (Å²) in [5.74, 6) is 0.104. The number of hydrogen-bond acceptors (Lipinski definition) is 4. The van der Waals surface area contributed by atoms with Crippen LogP contribution in [0.15, 0.2) is 6.07 Å². The maximum absolute atomic E-state index is 12.0. The van der Waals surface area contributed by atoms with Crippen LogP contribution in [0, 0.1) is 5.92 Å². The Bertz CT molecular complexity index is 420. The van der Waals surface area contributed by atoms with Crippen LogP contribution in [-0.4, -0.2) is 30.3 Å². The molecule has 19 heavy (non-hydrogen) atoms. The molecule has 0 saturated heterocycles. The van der Waals surface area contributed by atoms with E-state index in [0.29, 0.717) is 18.0 Å². The molecule has 2 N–H and O–H groups in total. The Kier molecular flexibility index (Phi) is 4.96. The van der Waals surface area contributed by atoms with Gasteiger partial charge in [-0.25, -0.2) is 0 Å². The monoisotopic (exact) mass is 283 g/mol.